The van der Waals surface area contributed by atoms with Crippen molar-refractivity contribution in [1.29, 1.82) is 0 Å². The maximum atomic E-state index is 11.8. The van der Waals surface area contributed by atoms with Crippen LogP contribution < -0.4 is 0 Å². The van der Waals surface area contributed by atoms with E-state index < -0.39 is 17.8 Å². The highest BCUT2D eigenvalue weighted by molar-refractivity contribution is 5.69. The minimum absolute atomic E-state index is 0.142. The Hall–Kier alpha value is -1.10. The van der Waals surface area contributed by atoms with E-state index in [1.807, 2.05) is 27.7 Å². The first kappa shape index (κ1) is 13.0. The van der Waals surface area contributed by atoms with Crippen molar-refractivity contribution in [2.24, 2.45) is 0 Å². The Morgan fingerprint density at radius 1 is 1.44 bits per heavy atom. The SMILES string of the molecule is C[C@@H]1CN(C(=O)OC(C)(C)C)C[C@H](C=O)O1. The number of carbonyl (C=O) groups excluding carboxylic acids is 2. The van der Waals surface area contributed by atoms with Crippen LogP contribution in [0.25, 0.3) is 0 Å². The molecule has 1 aliphatic heterocycles. The van der Waals surface area contributed by atoms with E-state index in [0.29, 0.717) is 12.8 Å². The van der Waals surface area contributed by atoms with Gasteiger partial charge in [0.15, 0.2) is 6.29 Å². The minimum Gasteiger partial charge on any atom is -0.444 e. The average molecular weight is 229 g/mol. The Balaban J connectivity index is 2.58. The molecule has 0 saturated carbocycles. The van der Waals surface area contributed by atoms with E-state index in [4.69, 9.17) is 9.47 Å². The standard InChI is InChI=1S/C11H19NO4/c1-8-5-12(6-9(7-13)15-8)10(14)16-11(2,3)4/h7-9H,5-6H2,1-4H3/t8-,9-/m1/s1. The molecule has 0 aromatic rings. The van der Waals surface area contributed by atoms with Crippen molar-refractivity contribution in [2.45, 2.75) is 45.5 Å². The highest BCUT2D eigenvalue weighted by Crippen LogP contribution is 2.15. The van der Waals surface area contributed by atoms with E-state index in [1.165, 1.54) is 4.90 Å². The molecule has 1 saturated heterocycles. The van der Waals surface area contributed by atoms with Crippen LogP contribution in [-0.4, -0.2) is 48.2 Å². The van der Waals surface area contributed by atoms with Gasteiger partial charge in [0.2, 0.25) is 0 Å². The van der Waals surface area contributed by atoms with Gasteiger partial charge in [0.05, 0.1) is 19.2 Å². The molecule has 1 heterocycles. The smallest absolute Gasteiger partial charge is 0.410 e. The van der Waals surface area contributed by atoms with Crippen LogP contribution in [0.4, 0.5) is 4.79 Å². The van der Waals surface area contributed by atoms with Crippen LogP contribution in [0.15, 0.2) is 0 Å². The van der Waals surface area contributed by atoms with Crippen molar-refractivity contribution >= 4 is 12.4 Å². The fraction of sp³-hybridized carbons (Fsp3) is 0.818. The van der Waals surface area contributed by atoms with Gasteiger partial charge in [-0.1, -0.05) is 0 Å². The highest BCUT2D eigenvalue weighted by atomic mass is 16.6. The third kappa shape index (κ3) is 3.81. The van der Waals surface area contributed by atoms with E-state index in [0.717, 1.165) is 0 Å². The largest absolute Gasteiger partial charge is 0.444 e. The molecule has 5 heteroatoms. The zero-order valence-corrected chi connectivity index (χ0v) is 10.2. The van der Waals surface area contributed by atoms with Crippen LogP contribution in [0, 0.1) is 0 Å². The molecule has 1 amide bonds. The molecule has 92 valence electrons. The lowest BCUT2D eigenvalue weighted by atomic mass is 10.2. The van der Waals surface area contributed by atoms with Gasteiger partial charge in [0, 0.05) is 0 Å². The Kier molecular flexibility index (Phi) is 3.91. The topological polar surface area (TPSA) is 55.8 Å². The normalized spacial score (nSPS) is 26.4. The van der Waals surface area contributed by atoms with Gasteiger partial charge in [-0.05, 0) is 27.7 Å². The van der Waals surface area contributed by atoms with Crippen LogP contribution in [0.3, 0.4) is 0 Å². The monoisotopic (exact) mass is 229 g/mol. The third-order valence-electron chi connectivity index (χ3n) is 2.09. The van der Waals surface area contributed by atoms with Gasteiger partial charge in [0.25, 0.3) is 0 Å². The molecular weight excluding hydrogens is 210 g/mol. The fourth-order valence-corrected chi connectivity index (χ4v) is 1.54. The Morgan fingerprint density at radius 3 is 2.56 bits per heavy atom. The third-order valence-corrected chi connectivity index (χ3v) is 2.09. The number of aldehydes is 1. The van der Waals surface area contributed by atoms with Crippen LogP contribution in [-0.2, 0) is 14.3 Å². The van der Waals surface area contributed by atoms with Crippen LogP contribution in [0.5, 0.6) is 0 Å². The minimum atomic E-state index is -0.545. The zero-order valence-electron chi connectivity index (χ0n) is 10.2. The zero-order chi connectivity index (χ0) is 12.3. The second-order valence-electron chi connectivity index (χ2n) is 5.01. The molecule has 2 atom stereocenters. The average Bonchev–Trinajstić information content (AvgIpc) is 2.14. The second kappa shape index (κ2) is 4.82. The Morgan fingerprint density at radius 2 is 2.06 bits per heavy atom. The molecule has 1 aliphatic rings. The molecule has 0 radical (unpaired) electrons. The van der Waals surface area contributed by atoms with E-state index >= 15 is 0 Å². The summed E-state index contributed by atoms with van der Waals surface area (Å²) in [5.41, 5.74) is -0.519. The van der Waals surface area contributed by atoms with E-state index in [2.05, 4.69) is 0 Å². The molecule has 1 fully saturated rings. The Bertz CT molecular complexity index is 272. The summed E-state index contributed by atoms with van der Waals surface area (Å²) in [5, 5.41) is 0. The number of nitrogens with zero attached hydrogens (tertiary/aromatic N) is 1. The number of hydrogen-bond acceptors (Lipinski definition) is 4. The molecule has 0 aromatic heterocycles. The van der Waals surface area contributed by atoms with Gasteiger partial charge >= 0.3 is 6.09 Å². The molecule has 0 aromatic carbocycles. The van der Waals surface area contributed by atoms with Gasteiger partial charge < -0.3 is 19.2 Å². The second-order valence-corrected chi connectivity index (χ2v) is 5.01. The summed E-state index contributed by atoms with van der Waals surface area (Å²) in [6.45, 7) is 7.99. The van der Waals surface area contributed by atoms with Crippen molar-refractivity contribution in [2.75, 3.05) is 13.1 Å². The molecule has 0 aliphatic carbocycles. The summed E-state index contributed by atoms with van der Waals surface area (Å²) >= 11 is 0. The van der Waals surface area contributed by atoms with Crippen molar-refractivity contribution < 1.29 is 19.1 Å². The van der Waals surface area contributed by atoms with Gasteiger partial charge in [-0.15, -0.1) is 0 Å². The molecular formula is C11H19NO4. The predicted octanol–water partition coefficient (Wildman–Crippen LogP) is 1.21. The lowest BCUT2D eigenvalue weighted by Gasteiger charge is -2.35. The maximum Gasteiger partial charge on any atom is 0.410 e. The van der Waals surface area contributed by atoms with Crippen molar-refractivity contribution in [1.82, 2.24) is 4.90 Å². The van der Waals surface area contributed by atoms with Gasteiger partial charge in [-0.25, -0.2) is 4.79 Å². The van der Waals surface area contributed by atoms with Gasteiger partial charge in [-0.3, -0.25) is 0 Å². The van der Waals surface area contributed by atoms with E-state index in [1.54, 1.807) is 0 Å². The lowest BCUT2D eigenvalue weighted by molar-refractivity contribution is -0.130. The predicted molar refractivity (Wildman–Crippen MR) is 58.2 cm³/mol. The van der Waals surface area contributed by atoms with Crippen LogP contribution in [0.2, 0.25) is 0 Å². The number of hydrogen-bond donors (Lipinski definition) is 0. The van der Waals surface area contributed by atoms with Crippen molar-refractivity contribution in [3.05, 3.63) is 0 Å². The van der Waals surface area contributed by atoms with E-state index in [9.17, 15) is 9.59 Å². The first-order valence-corrected chi connectivity index (χ1v) is 5.40. The summed E-state index contributed by atoms with van der Waals surface area (Å²) in [6.07, 6.45) is -0.366. The number of rotatable bonds is 1. The van der Waals surface area contributed by atoms with Gasteiger partial charge in [-0.2, -0.15) is 0 Å². The number of carbonyl (C=O) groups is 2. The van der Waals surface area contributed by atoms with Crippen LogP contribution in [0.1, 0.15) is 27.7 Å². The molecule has 1 rings (SSSR count). The summed E-state index contributed by atoms with van der Waals surface area (Å²) in [7, 11) is 0. The van der Waals surface area contributed by atoms with Crippen LogP contribution >= 0.6 is 0 Å². The highest BCUT2D eigenvalue weighted by Gasteiger charge is 2.30. The first-order valence-electron chi connectivity index (χ1n) is 5.40. The summed E-state index contributed by atoms with van der Waals surface area (Å²) in [5.74, 6) is 0. The lowest BCUT2D eigenvalue weighted by Crippen LogP contribution is -2.51. The molecule has 5 nitrogen and oxygen atoms in total. The summed E-state index contributed by atoms with van der Waals surface area (Å²) in [6, 6.07) is 0. The Labute approximate surface area is 95.7 Å². The number of amides is 1. The summed E-state index contributed by atoms with van der Waals surface area (Å²) < 4.78 is 10.6. The quantitative estimate of drug-likeness (QED) is 0.634. The van der Waals surface area contributed by atoms with Crippen molar-refractivity contribution in [3.63, 3.8) is 0 Å². The van der Waals surface area contributed by atoms with Crippen molar-refractivity contribution in [3.8, 4) is 0 Å². The molecule has 16 heavy (non-hydrogen) atoms. The molecule has 0 bridgehead atoms. The van der Waals surface area contributed by atoms with Gasteiger partial charge in [0.1, 0.15) is 11.7 Å². The molecule has 0 N–H and O–H groups in total. The maximum absolute atomic E-state index is 11.8. The first-order chi connectivity index (χ1) is 7.31. The molecule has 0 spiro atoms. The number of morpholine rings is 1. The van der Waals surface area contributed by atoms with E-state index in [-0.39, 0.29) is 12.6 Å². The molecule has 0 unspecified atom stereocenters. The number of ether oxygens (including phenoxy) is 2. The summed E-state index contributed by atoms with van der Waals surface area (Å²) in [4.78, 5) is 23.9. The fourth-order valence-electron chi connectivity index (χ4n) is 1.54.